The van der Waals surface area contributed by atoms with Crippen LogP contribution in [0.4, 0.5) is 5.69 Å². The Labute approximate surface area is 113 Å². The maximum atomic E-state index is 11.4. The van der Waals surface area contributed by atoms with Gasteiger partial charge in [0.15, 0.2) is 0 Å². The molecule has 1 amide bonds. The Balaban J connectivity index is 1.86. The summed E-state index contributed by atoms with van der Waals surface area (Å²) >= 11 is 0. The van der Waals surface area contributed by atoms with Gasteiger partial charge in [0.25, 0.3) is 0 Å². The van der Waals surface area contributed by atoms with Gasteiger partial charge in [-0.1, -0.05) is 19.1 Å². The molecule has 19 heavy (non-hydrogen) atoms. The lowest BCUT2D eigenvalue weighted by Crippen LogP contribution is -2.53. The quantitative estimate of drug-likeness (QED) is 0.861. The minimum atomic E-state index is 0.118. The molecule has 0 atom stereocenters. The molecule has 1 fully saturated rings. The molecule has 0 radical (unpaired) electrons. The number of aryl methyl sites for hydroxylation is 1. The van der Waals surface area contributed by atoms with Gasteiger partial charge in [0.05, 0.1) is 18.6 Å². The van der Waals surface area contributed by atoms with Gasteiger partial charge in [-0.3, -0.25) is 4.79 Å². The topological polar surface area (TPSA) is 50.4 Å². The van der Waals surface area contributed by atoms with Crippen molar-refractivity contribution in [3.05, 3.63) is 29.3 Å². The van der Waals surface area contributed by atoms with Gasteiger partial charge in [0, 0.05) is 18.7 Å². The van der Waals surface area contributed by atoms with E-state index in [2.05, 4.69) is 29.7 Å². The first kappa shape index (κ1) is 12.6. The third-order valence-electron chi connectivity index (χ3n) is 4.08. The van der Waals surface area contributed by atoms with Crippen LogP contribution in [0, 0.1) is 0 Å². The highest BCUT2D eigenvalue weighted by Crippen LogP contribution is 2.35. The van der Waals surface area contributed by atoms with Crippen LogP contribution in [-0.4, -0.2) is 32.2 Å². The van der Waals surface area contributed by atoms with Crippen LogP contribution in [0.2, 0.25) is 0 Å². The molecule has 2 aliphatic rings. The summed E-state index contributed by atoms with van der Waals surface area (Å²) in [5, 5.41) is 6.36. The van der Waals surface area contributed by atoms with E-state index >= 15 is 0 Å². The number of rotatable bonds is 4. The lowest BCUT2D eigenvalue weighted by Gasteiger charge is -2.42. The highest BCUT2D eigenvalue weighted by Gasteiger charge is 2.40. The van der Waals surface area contributed by atoms with Gasteiger partial charge in [0.2, 0.25) is 5.91 Å². The van der Waals surface area contributed by atoms with Gasteiger partial charge < -0.3 is 15.4 Å². The smallest absolute Gasteiger partial charge is 0.224 e. The first-order chi connectivity index (χ1) is 9.23. The number of anilines is 1. The average Bonchev–Trinajstić information content (AvgIpc) is 2.37. The minimum Gasteiger partial charge on any atom is -0.379 e. The first-order valence-corrected chi connectivity index (χ1v) is 6.95. The van der Waals surface area contributed by atoms with E-state index in [-0.39, 0.29) is 11.3 Å². The number of carbonyl (C=O) groups is 1. The van der Waals surface area contributed by atoms with Crippen LogP contribution in [0.15, 0.2) is 18.2 Å². The minimum absolute atomic E-state index is 0.118. The van der Waals surface area contributed by atoms with Crippen molar-refractivity contribution in [3.8, 4) is 0 Å². The third-order valence-corrected chi connectivity index (χ3v) is 4.08. The fourth-order valence-electron chi connectivity index (χ4n) is 2.80. The van der Waals surface area contributed by atoms with Crippen molar-refractivity contribution < 1.29 is 9.53 Å². The van der Waals surface area contributed by atoms with Crippen molar-refractivity contribution in [1.29, 1.82) is 0 Å². The Kier molecular flexibility index (Phi) is 3.29. The molecule has 4 heteroatoms. The van der Waals surface area contributed by atoms with Gasteiger partial charge in [-0.05, 0) is 30.2 Å². The normalized spacial score (nSPS) is 20.4. The monoisotopic (exact) mass is 260 g/mol. The highest BCUT2D eigenvalue weighted by atomic mass is 16.5. The molecular weight excluding hydrogens is 240 g/mol. The molecular formula is C15H20N2O2. The number of hydrogen-bond acceptors (Lipinski definition) is 3. The Morgan fingerprint density at radius 1 is 1.37 bits per heavy atom. The molecule has 0 unspecified atom stereocenters. The molecule has 0 saturated carbocycles. The lowest BCUT2D eigenvalue weighted by atomic mass is 9.77. The van der Waals surface area contributed by atoms with Crippen molar-refractivity contribution in [2.24, 2.45) is 0 Å². The fraction of sp³-hybridized carbons (Fsp3) is 0.533. The van der Waals surface area contributed by atoms with Crippen LogP contribution in [0.3, 0.4) is 0 Å². The number of benzene rings is 1. The Morgan fingerprint density at radius 2 is 2.21 bits per heavy atom. The summed E-state index contributed by atoms with van der Waals surface area (Å²) in [5.74, 6) is 0.120. The Bertz CT molecular complexity index is 495. The maximum absolute atomic E-state index is 11.4. The van der Waals surface area contributed by atoms with Crippen LogP contribution in [0.1, 0.15) is 24.5 Å². The maximum Gasteiger partial charge on any atom is 0.224 e. The summed E-state index contributed by atoms with van der Waals surface area (Å²) in [5.41, 5.74) is 3.67. The van der Waals surface area contributed by atoms with Gasteiger partial charge in [-0.15, -0.1) is 0 Å². The molecule has 0 spiro atoms. The van der Waals surface area contributed by atoms with E-state index in [0.29, 0.717) is 6.42 Å². The number of fused-ring (bicyclic) bond motifs is 1. The van der Waals surface area contributed by atoms with Crippen LogP contribution < -0.4 is 10.6 Å². The number of carbonyl (C=O) groups excluding carboxylic acids is 1. The summed E-state index contributed by atoms with van der Waals surface area (Å²) in [4.78, 5) is 11.4. The third kappa shape index (κ3) is 2.26. The van der Waals surface area contributed by atoms with E-state index < -0.39 is 0 Å². The van der Waals surface area contributed by atoms with Crippen LogP contribution in [0.25, 0.3) is 0 Å². The Morgan fingerprint density at radius 3 is 2.89 bits per heavy atom. The van der Waals surface area contributed by atoms with Crippen molar-refractivity contribution in [2.45, 2.75) is 25.2 Å². The van der Waals surface area contributed by atoms with Crippen molar-refractivity contribution in [2.75, 3.05) is 31.6 Å². The summed E-state index contributed by atoms with van der Waals surface area (Å²) in [6, 6.07) is 6.41. The number of ether oxygens (including phenoxy) is 1. The highest BCUT2D eigenvalue weighted by molar-refractivity contribution is 5.93. The van der Waals surface area contributed by atoms with Crippen LogP contribution in [-0.2, 0) is 21.4 Å². The first-order valence-electron chi connectivity index (χ1n) is 6.95. The molecule has 0 aromatic heterocycles. The van der Waals surface area contributed by atoms with Gasteiger partial charge >= 0.3 is 0 Å². The SMILES string of the molecule is CCNCC1(c2ccc3c(c2)CCC(=O)N3)COC1. The van der Waals surface area contributed by atoms with E-state index in [1.165, 1.54) is 11.1 Å². The van der Waals surface area contributed by atoms with Gasteiger partial charge in [-0.2, -0.15) is 0 Å². The molecule has 1 aromatic carbocycles. The molecule has 3 rings (SSSR count). The molecule has 1 saturated heterocycles. The number of amides is 1. The fourth-order valence-corrected chi connectivity index (χ4v) is 2.80. The van der Waals surface area contributed by atoms with Crippen LogP contribution >= 0.6 is 0 Å². The van der Waals surface area contributed by atoms with E-state index in [9.17, 15) is 4.79 Å². The summed E-state index contributed by atoms with van der Waals surface area (Å²) in [6.07, 6.45) is 1.43. The van der Waals surface area contributed by atoms with Crippen molar-refractivity contribution in [3.63, 3.8) is 0 Å². The standard InChI is InChI=1S/C15H20N2O2/c1-2-16-8-15(9-19-10-15)12-4-5-13-11(7-12)3-6-14(18)17-13/h4-5,7,16H,2-3,6,8-10H2,1H3,(H,17,18). The van der Waals surface area contributed by atoms with Crippen LogP contribution in [0.5, 0.6) is 0 Å². The van der Waals surface area contributed by atoms with E-state index in [1.807, 2.05) is 6.07 Å². The lowest BCUT2D eigenvalue weighted by molar-refractivity contribution is -0.116. The Hall–Kier alpha value is -1.39. The predicted octanol–water partition coefficient (Wildman–Crippen LogP) is 1.45. The molecule has 0 aliphatic carbocycles. The molecule has 102 valence electrons. The molecule has 2 N–H and O–H groups in total. The number of likely N-dealkylation sites (N-methyl/N-ethyl adjacent to an activating group) is 1. The molecule has 1 aromatic rings. The number of hydrogen-bond donors (Lipinski definition) is 2. The predicted molar refractivity (Wildman–Crippen MR) is 74.4 cm³/mol. The van der Waals surface area contributed by atoms with Gasteiger partial charge in [-0.25, -0.2) is 0 Å². The molecule has 2 heterocycles. The zero-order valence-electron chi connectivity index (χ0n) is 11.3. The van der Waals surface area contributed by atoms with Gasteiger partial charge in [0.1, 0.15) is 0 Å². The average molecular weight is 260 g/mol. The summed E-state index contributed by atoms with van der Waals surface area (Å²) in [7, 11) is 0. The van der Waals surface area contributed by atoms with Crippen molar-refractivity contribution >= 4 is 11.6 Å². The molecule has 4 nitrogen and oxygen atoms in total. The van der Waals surface area contributed by atoms with E-state index in [4.69, 9.17) is 4.74 Å². The zero-order chi connectivity index (χ0) is 13.3. The molecule has 0 bridgehead atoms. The largest absolute Gasteiger partial charge is 0.379 e. The number of nitrogens with one attached hydrogen (secondary N) is 2. The second-order valence-corrected chi connectivity index (χ2v) is 5.47. The summed E-state index contributed by atoms with van der Waals surface area (Å²) in [6.45, 7) is 5.61. The summed E-state index contributed by atoms with van der Waals surface area (Å²) < 4.78 is 5.44. The van der Waals surface area contributed by atoms with Crippen molar-refractivity contribution in [1.82, 2.24) is 5.32 Å². The second kappa shape index (κ2) is 4.94. The zero-order valence-corrected chi connectivity index (χ0v) is 11.3. The second-order valence-electron chi connectivity index (χ2n) is 5.47. The van der Waals surface area contributed by atoms with E-state index in [0.717, 1.165) is 38.4 Å². The molecule has 2 aliphatic heterocycles. The van der Waals surface area contributed by atoms with E-state index in [1.54, 1.807) is 0 Å².